The second kappa shape index (κ2) is 37.1. The fraction of sp³-hybridized carbons (Fsp3) is 0.533. The molecule has 478 valence electrons. The van der Waals surface area contributed by atoms with Gasteiger partial charge >= 0.3 is 0 Å². The maximum absolute atomic E-state index is 13.8. The van der Waals surface area contributed by atoms with Crippen molar-refractivity contribution in [3.8, 4) is 17.6 Å². The number of carbonyl (C=O) groups excluding carboxylic acids is 4. The second-order valence-corrected chi connectivity index (χ2v) is 20.6. The normalized spacial score (nSPS) is 13.9. The van der Waals surface area contributed by atoms with Gasteiger partial charge in [0.15, 0.2) is 5.82 Å². The van der Waals surface area contributed by atoms with Crippen molar-refractivity contribution in [3.63, 3.8) is 0 Å². The van der Waals surface area contributed by atoms with Crippen LogP contribution in [0.2, 0.25) is 0 Å². The Bertz CT molecular complexity index is 3220. The number of methoxy groups -OCH3 is 1. The first-order valence-electron chi connectivity index (χ1n) is 29.9. The zero-order chi connectivity index (χ0) is 62.3. The molecule has 5 aromatic heterocycles. The number of rotatable bonds is 41. The van der Waals surface area contributed by atoms with Crippen molar-refractivity contribution >= 4 is 45.7 Å². The molecule has 0 atom stereocenters. The number of amides is 2. The van der Waals surface area contributed by atoms with Crippen LogP contribution in [0.3, 0.4) is 0 Å². The highest BCUT2D eigenvalue weighted by atomic mass is 16.6. The molecule has 29 heteroatoms. The van der Waals surface area contributed by atoms with E-state index >= 15 is 0 Å². The molecule has 0 radical (unpaired) electrons. The number of hydrogen-bond donors (Lipinski definition) is 3. The number of aromatic nitrogens is 10. The first kappa shape index (κ1) is 66.9. The molecule has 1 aromatic carbocycles. The van der Waals surface area contributed by atoms with Gasteiger partial charge in [0.05, 0.1) is 172 Å². The van der Waals surface area contributed by atoms with E-state index in [2.05, 4.69) is 66.8 Å². The van der Waals surface area contributed by atoms with Crippen LogP contribution in [0.1, 0.15) is 64.1 Å². The van der Waals surface area contributed by atoms with Crippen molar-refractivity contribution < 1.29 is 61.8 Å². The summed E-state index contributed by atoms with van der Waals surface area (Å²) in [5.74, 6) is -0.836. The van der Waals surface area contributed by atoms with Crippen LogP contribution in [0.4, 0.5) is 5.82 Å². The van der Waals surface area contributed by atoms with Crippen LogP contribution >= 0.6 is 0 Å². The number of carbonyl (C=O) groups is 4. The lowest BCUT2D eigenvalue weighted by Gasteiger charge is -2.34. The predicted octanol–water partition coefficient (Wildman–Crippen LogP) is 2.59. The van der Waals surface area contributed by atoms with E-state index < -0.39 is 17.6 Å². The number of ether oxygens (including phenoxy) is 9. The Morgan fingerprint density at radius 3 is 1.99 bits per heavy atom. The van der Waals surface area contributed by atoms with Gasteiger partial charge in [0, 0.05) is 77.6 Å². The lowest BCUT2D eigenvalue weighted by Crippen LogP contribution is -2.48. The number of H-pyrrole nitrogens is 1. The van der Waals surface area contributed by atoms with Crippen LogP contribution in [0.5, 0.6) is 5.75 Å². The smallest absolute Gasteiger partial charge is 0.295 e. The minimum Gasteiger partial charge on any atom is -0.494 e. The van der Waals surface area contributed by atoms with Crippen molar-refractivity contribution in [1.82, 2.24) is 69.7 Å². The fourth-order valence-electron chi connectivity index (χ4n) is 9.62. The molecule has 0 bridgehead atoms. The summed E-state index contributed by atoms with van der Waals surface area (Å²) in [5, 5.41) is 29.1. The molecular weight excluding hydrogens is 1150 g/mol. The lowest BCUT2D eigenvalue weighted by molar-refractivity contribution is -0.126. The molecular formula is C60H80N16O13. The standard InChI is InChI=1S/C60H80N16O13/c1-45(77)10-21-82-24-27-85-30-31-87-29-26-84-23-20-75-41-49(69-71-75)42-89-35-34-88-33-32-86-28-25-83-22-19-73-17-15-72(16-18-73)14-11-62-53-36-48(66-43-67-53)38-65-59(79)57-68-44-76(70-57)58-55-54(52(81-2)40-64-58)51(39-63-55)56(78)60(80)74-12-8-47(9-13-74)50(37-61)46-6-4-3-5-7-46/h3-7,36,39-41,43-44,63H,8-35,38,42H2,1-2H3,(H,65,79)(H,62,66,67). The first-order valence-corrected chi connectivity index (χ1v) is 29.9. The Labute approximate surface area is 516 Å². The molecule has 8 rings (SSSR count). The molecule has 0 unspecified atom stereocenters. The highest BCUT2D eigenvalue weighted by molar-refractivity contribution is 6.45. The second-order valence-electron chi connectivity index (χ2n) is 20.6. The maximum Gasteiger partial charge on any atom is 0.295 e. The van der Waals surface area contributed by atoms with E-state index in [4.69, 9.17) is 42.6 Å². The average molecular weight is 1230 g/mol. The number of benzene rings is 1. The van der Waals surface area contributed by atoms with Crippen LogP contribution in [-0.2, 0) is 67.2 Å². The van der Waals surface area contributed by atoms with Crippen LogP contribution < -0.4 is 15.4 Å². The number of fused-ring (bicyclic) bond motifs is 1. The van der Waals surface area contributed by atoms with Gasteiger partial charge < -0.3 is 63.1 Å². The van der Waals surface area contributed by atoms with Crippen LogP contribution in [0.15, 0.2) is 73.2 Å². The third-order valence-corrected chi connectivity index (χ3v) is 14.4. The summed E-state index contributed by atoms with van der Waals surface area (Å²) in [5.41, 5.74) is 4.12. The van der Waals surface area contributed by atoms with Gasteiger partial charge in [-0.25, -0.2) is 24.6 Å². The SMILES string of the molecule is COc1cnc(-n2cnc(C(=O)NCc3cc(NCCN4CCN(CCOCCOCCOCCOCc5cn(CCOCCOCCOCCOCCC(C)=O)nn5)CC4)ncn3)n2)c2[nH]cc(C(=O)C(=O)N3CCC(=C(C#N)c4ccccc4)CC3)c12. The molecule has 89 heavy (non-hydrogen) atoms. The van der Waals surface area contributed by atoms with Crippen molar-refractivity contribution in [2.75, 3.05) is 170 Å². The summed E-state index contributed by atoms with van der Waals surface area (Å²) < 4.78 is 53.2. The molecule has 6 aromatic rings. The first-order chi connectivity index (χ1) is 43.7. The van der Waals surface area contributed by atoms with Gasteiger partial charge in [0.25, 0.3) is 17.6 Å². The minimum absolute atomic E-state index is 0.0916. The van der Waals surface area contributed by atoms with Gasteiger partial charge in [-0.2, -0.15) is 9.94 Å². The van der Waals surface area contributed by atoms with Crippen LogP contribution in [-0.4, -0.2) is 253 Å². The quantitative estimate of drug-likeness (QED) is 0.0215. The molecule has 3 N–H and O–H groups in total. The number of piperazine rings is 1. The van der Waals surface area contributed by atoms with E-state index in [1.54, 1.807) is 17.7 Å². The molecule has 2 aliphatic rings. The molecule has 7 heterocycles. The largest absolute Gasteiger partial charge is 0.494 e. The van der Waals surface area contributed by atoms with E-state index in [9.17, 15) is 24.4 Å². The van der Waals surface area contributed by atoms with Gasteiger partial charge in [-0.1, -0.05) is 35.5 Å². The number of aromatic amines is 1. The van der Waals surface area contributed by atoms with E-state index in [-0.39, 0.29) is 35.3 Å². The predicted molar refractivity (Wildman–Crippen MR) is 322 cm³/mol. The number of ketones is 2. The molecule has 2 aliphatic heterocycles. The Hall–Kier alpha value is -8.02. The summed E-state index contributed by atoms with van der Waals surface area (Å²) in [6.45, 7) is 16.4. The molecule has 2 saturated heterocycles. The number of pyridine rings is 1. The van der Waals surface area contributed by atoms with Crippen LogP contribution in [0.25, 0.3) is 22.3 Å². The maximum atomic E-state index is 13.8. The highest BCUT2D eigenvalue weighted by Crippen LogP contribution is 2.33. The van der Waals surface area contributed by atoms with Crippen molar-refractivity contribution in [2.45, 2.75) is 45.9 Å². The van der Waals surface area contributed by atoms with Gasteiger partial charge in [-0.3, -0.25) is 29.0 Å². The summed E-state index contributed by atoms with van der Waals surface area (Å²) in [7, 11) is 1.44. The number of nitrogens with one attached hydrogen (secondary N) is 3. The summed E-state index contributed by atoms with van der Waals surface area (Å²) in [4.78, 5) is 78.4. The number of Topliss-reactive ketones (excluding diaryl/α,β-unsaturated/α-hetero) is 2. The van der Waals surface area contributed by atoms with Gasteiger partial charge in [0.1, 0.15) is 35.7 Å². The third-order valence-electron chi connectivity index (χ3n) is 14.4. The molecule has 0 aliphatic carbocycles. The topological polar surface area (TPSA) is 325 Å². The summed E-state index contributed by atoms with van der Waals surface area (Å²) in [6.07, 6.45) is 8.83. The van der Waals surface area contributed by atoms with Gasteiger partial charge in [-0.15, -0.1) is 10.2 Å². The monoisotopic (exact) mass is 1230 g/mol. The molecule has 0 spiro atoms. The van der Waals surface area contributed by atoms with Crippen molar-refractivity contribution in [3.05, 3.63) is 102 Å². The van der Waals surface area contributed by atoms with E-state index in [1.807, 2.05) is 36.5 Å². The van der Waals surface area contributed by atoms with E-state index in [1.165, 1.54) is 41.7 Å². The minimum atomic E-state index is -0.728. The number of nitriles is 1. The molecule has 2 amide bonds. The summed E-state index contributed by atoms with van der Waals surface area (Å²) in [6, 6.07) is 13.5. The Morgan fingerprint density at radius 2 is 1.34 bits per heavy atom. The number of piperidine rings is 1. The average Bonchev–Trinajstić information content (AvgIpc) is 2.41. The zero-order valence-corrected chi connectivity index (χ0v) is 50.7. The number of likely N-dealkylation sites (tertiary alicyclic amines) is 1. The van der Waals surface area contributed by atoms with Crippen LogP contribution in [0, 0.1) is 11.3 Å². The molecule has 29 nitrogen and oxygen atoms in total. The Morgan fingerprint density at radius 1 is 0.708 bits per heavy atom. The van der Waals surface area contributed by atoms with Gasteiger partial charge in [0.2, 0.25) is 5.82 Å². The van der Waals surface area contributed by atoms with E-state index in [0.29, 0.717) is 179 Å². The molecule has 2 fully saturated rings. The fourth-order valence-corrected chi connectivity index (χ4v) is 9.62. The number of anilines is 1. The van der Waals surface area contributed by atoms with E-state index in [0.717, 1.165) is 56.1 Å². The number of allylic oxidation sites excluding steroid dienone is 1. The Kier molecular flexibility index (Phi) is 27.9. The van der Waals surface area contributed by atoms with Crippen molar-refractivity contribution in [1.29, 1.82) is 5.26 Å². The summed E-state index contributed by atoms with van der Waals surface area (Å²) >= 11 is 0. The lowest BCUT2D eigenvalue weighted by atomic mass is 9.93. The van der Waals surface area contributed by atoms with Crippen molar-refractivity contribution in [2.24, 2.45) is 0 Å². The van der Waals surface area contributed by atoms with Gasteiger partial charge in [-0.05, 0) is 30.9 Å². The zero-order valence-electron chi connectivity index (χ0n) is 50.7. The number of hydrogen-bond acceptors (Lipinski definition) is 24. The number of nitrogens with zero attached hydrogens (tertiary/aromatic N) is 13. The highest BCUT2D eigenvalue weighted by Gasteiger charge is 2.31. The Balaban J connectivity index is 0.623. The molecule has 0 saturated carbocycles. The third kappa shape index (κ3) is 21.6.